The van der Waals surface area contributed by atoms with E-state index in [9.17, 15) is 4.79 Å². The van der Waals surface area contributed by atoms with E-state index in [4.69, 9.17) is 5.11 Å². The molecule has 0 saturated heterocycles. The number of halogens is 1. The van der Waals surface area contributed by atoms with Crippen molar-refractivity contribution in [2.45, 2.75) is 12.8 Å². The lowest BCUT2D eigenvalue weighted by Crippen LogP contribution is -2.25. The second-order valence-electron chi connectivity index (χ2n) is 2.80. The van der Waals surface area contributed by atoms with Crippen LogP contribution in [-0.4, -0.2) is 24.2 Å². The molecule has 1 amide bonds. The van der Waals surface area contributed by atoms with Gasteiger partial charge in [0.15, 0.2) is 0 Å². The Balaban J connectivity index is 2.18. The molecule has 2 N–H and O–H groups in total. The van der Waals surface area contributed by atoms with Crippen molar-refractivity contribution in [3.05, 3.63) is 20.8 Å². The fraction of sp³-hybridized carbons (Fsp3) is 0.444. The van der Waals surface area contributed by atoms with Gasteiger partial charge in [0.1, 0.15) is 0 Å². The average Bonchev–Trinajstić information content (AvgIpc) is 2.52. The molecule has 3 nitrogen and oxygen atoms in total. The number of aliphatic hydroxyl groups excluding tert-OH is 1. The smallest absolute Gasteiger partial charge is 0.222 e. The number of aliphatic hydroxyl groups is 1. The van der Waals surface area contributed by atoms with E-state index in [2.05, 4.69) is 21.2 Å². The third-order valence-electron chi connectivity index (χ3n) is 1.65. The molecule has 1 heterocycles. The van der Waals surface area contributed by atoms with Crippen LogP contribution < -0.4 is 5.32 Å². The Bertz CT molecular complexity index is 301. The van der Waals surface area contributed by atoms with Crippen molar-refractivity contribution < 1.29 is 9.90 Å². The molecule has 0 saturated carbocycles. The van der Waals surface area contributed by atoms with Crippen LogP contribution in [0.3, 0.4) is 0 Å². The molecular weight excluding hydrogens is 266 g/mol. The molecule has 14 heavy (non-hydrogen) atoms. The predicted octanol–water partition coefficient (Wildman–Crippen LogP) is 1.55. The summed E-state index contributed by atoms with van der Waals surface area (Å²) in [6.07, 6.45) is 1.03. The van der Waals surface area contributed by atoms with Crippen molar-refractivity contribution >= 4 is 33.2 Å². The third-order valence-corrected chi connectivity index (χ3v) is 3.41. The molecule has 5 heteroatoms. The van der Waals surface area contributed by atoms with E-state index >= 15 is 0 Å². The van der Waals surface area contributed by atoms with Crippen molar-refractivity contribution in [2.75, 3.05) is 13.2 Å². The molecule has 0 bridgehead atoms. The molecule has 0 aliphatic carbocycles. The highest BCUT2D eigenvalue weighted by atomic mass is 79.9. The van der Waals surface area contributed by atoms with Crippen LogP contribution in [0.25, 0.3) is 0 Å². The average molecular weight is 278 g/mol. The zero-order chi connectivity index (χ0) is 10.4. The van der Waals surface area contributed by atoms with Gasteiger partial charge in [0, 0.05) is 27.7 Å². The number of amides is 1. The van der Waals surface area contributed by atoms with Gasteiger partial charge in [0.05, 0.1) is 6.61 Å². The summed E-state index contributed by atoms with van der Waals surface area (Å²) in [7, 11) is 0. The normalized spacial score (nSPS) is 10.1. The van der Waals surface area contributed by atoms with Gasteiger partial charge in [-0.1, -0.05) is 0 Å². The second-order valence-corrected chi connectivity index (χ2v) is 4.72. The molecule has 1 rings (SSSR count). The number of carbonyl (C=O) groups excluding carboxylic acids is 1. The summed E-state index contributed by atoms with van der Waals surface area (Å²) in [4.78, 5) is 12.2. The maximum absolute atomic E-state index is 11.0. The van der Waals surface area contributed by atoms with Crippen LogP contribution in [-0.2, 0) is 11.2 Å². The highest BCUT2D eigenvalue weighted by Crippen LogP contribution is 2.19. The maximum Gasteiger partial charge on any atom is 0.222 e. The molecule has 1 aromatic heterocycles. The molecule has 0 atom stereocenters. The Labute approximate surface area is 95.3 Å². The zero-order valence-corrected chi connectivity index (χ0v) is 10.0. The largest absolute Gasteiger partial charge is 0.396 e. The van der Waals surface area contributed by atoms with Crippen LogP contribution in [0.1, 0.15) is 11.3 Å². The van der Waals surface area contributed by atoms with E-state index in [1.54, 1.807) is 11.3 Å². The van der Waals surface area contributed by atoms with Crippen molar-refractivity contribution in [1.82, 2.24) is 5.32 Å². The van der Waals surface area contributed by atoms with Gasteiger partial charge < -0.3 is 10.4 Å². The Morgan fingerprint density at radius 2 is 2.43 bits per heavy atom. The van der Waals surface area contributed by atoms with Crippen molar-refractivity contribution in [3.8, 4) is 0 Å². The number of thiophene rings is 1. The summed E-state index contributed by atoms with van der Waals surface area (Å²) in [5.41, 5.74) is 0. The minimum Gasteiger partial charge on any atom is -0.396 e. The molecule has 0 aliphatic heterocycles. The van der Waals surface area contributed by atoms with Crippen LogP contribution in [0.15, 0.2) is 15.9 Å². The number of nitrogens with one attached hydrogen (secondary N) is 1. The van der Waals surface area contributed by atoms with Crippen molar-refractivity contribution in [3.63, 3.8) is 0 Å². The Morgan fingerprint density at radius 1 is 1.64 bits per heavy atom. The van der Waals surface area contributed by atoms with Gasteiger partial charge in [0.25, 0.3) is 0 Å². The van der Waals surface area contributed by atoms with Gasteiger partial charge in [-0.25, -0.2) is 0 Å². The quantitative estimate of drug-likeness (QED) is 0.858. The van der Waals surface area contributed by atoms with Gasteiger partial charge in [-0.05, 0) is 28.4 Å². The predicted molar refractivity (Wildman–Crippen MR) is 60.4 cm³/mol. The van der Waals surface area contributed by atoms with E-state index in [-0.39, 0.29) is 18.9 Å². The van der Waals surface area contributed by atoms with Crippen LogP contribution in [0.2, 0.25) is 0 Å². The first-order chi connectivity index (χ1) is 6.72. The number of hydrogen-bond donors (Lipinski definition) is 2. The molecule has 0 fully saturated rings. The summed E-state index contributed by atoms with van der Waals surface area (Å²) >= 11 is 5.03. The molecule has 0 radical (unpaired) electrons. The van der Waals surface area contributed by atoms with E-state index in [0.717, 1.165) is 10.9 Å². The van der Waals surface area contributed by atoms with Gasteiger partial charge in [-0.2, -0.15) is 0 Å². The lowest BCUT2D eigenvalue weighted by atomic mass is 10.3. The minimum atomic E-state index is -0.0943. The van der Waals surface area contributed by atoms with Gasteiger partial charge in [0.2, 0.25) is 5.91 Å². The number of carbonyl (C=O) groups is 1. The van der Waals surface area contributed by atoms with E-state index < -0.39 is 0 Å². The molecule has 0 aliphatic rings. The number of rotatable bonds is 5. The molecule has 78 valence electrons. The summed E-state index contributed by atoms with van der Waals surface area (Å²) < 4.78 is 1.08. The monoisotopic (exact) mass is 277 g/mol. The Morgan fingerprint density at radius 3 is 3.00 bits per heavy atom. The van der Waals surface area contributed by atoms with Crippen molar-refractivity contribution in [1.29, 1.82) is 0 Å². The summed E-state index contributed by atoms with van der Waals surface area (Å²) in [5, 5.41) is 13.2. The first-order valence-corrected chi connectivity index (χ1v) is 6.00. The summed E-state index contributed by atoms with van der Waals surface area (Å²) in [6, 6.07) is 2.04. The van der Waals surface area contributed by atoms with Crippen LogP contribution in [0.4, 0.5) is 0 Å². The Hall–Kier alpha value is -0.390. The first kappa shape index (κ1) is 11.7. The van der Waals surface area contributed by atoms with Crippen LogP contribution in [0.5, 0.6) is 0 Å². The van der Waals surface area contributed by atoms with Gasteiger partial charge >= 0.3 is 0 Å². The first-order valence-electron chi connectivity index (χ1n) is 4.33. The fourth-order valence-corrected chi connectivity index (χ4v) is 2.46. The lowest BCUT2D eigenvalue weighted by molar-refractivity contribution is -0.121. The highest BCUT2D eigenvalue weighted by molar-refractivity contribution is 9.10. The molecule has 0 aromatic carbocycles. The summed E-state index contributed by atoms with van der Waals surface area (Å²) in [6.45, 7) is 0.544. The van der Waals surface area contributed by atoms with Gasteiger partial charge in [-0.3, -0.25) is 4.79 Å². The lowest BCUT2D eigenvalue weighted by Gasteiger charge is -2.01. The molecular formula is C9H12BrNO2S. The second kappa shape index (κ2) is 6.16. The highest BCUT2D eigenvalue weighted by Gasteiger charge is 2.00. The standard InChI is InChI=1S/C9H12BrNO2S/c10-7-5-8(14-6-7)1-3-11-9(13)2-4-12/h5-6,12H,1-4H2,(H,11,13). The van der Waals surface area contributed by atoms with Crippen LogP contribution >= 0.6 is 27.3 Å². The van der Waals surface area contributed by atoms with Crippen molar-refractivity contribution in [2.24, 2.45) is 0 Å². The molecule has 0 spiro atoms. The van der Waals surface area contributed by atoms with Crippen LogP contribution in [0, 0.1) is 0 Å². The van der Waals surface area contributed by atoms with E-state index in [1.807, 2.05) is 11.4 Å². The molecule has 1 aromatic rings. The SMILES string of the molecule is O=C(CCO)NCCc1cc(Br)cs1. The van der Waals surface area contributed by atoms with E-state index in [1.165, 1.54) is 4.88 Å². The fourth-order valence-electron chi connectivity index (χ4n) is 1.000. The zero-order valence-electron chi connectivity index (χ0n) is 7.62. The molecule has 0 unspecified atom stereocenters. The Kier molecular flexibility index (Phi) is 5.14. The third kappa shape index (κ3) is 4.21. The van der Waals surface area contributed by atoms with E-state index in [0.29, 0.717) is 6.54 Å². The topological polar surface area (TPSA) is 49.3 Å². The number of hydrogen-bond acceptors (Lipinski definition) is 3. The summed E-state index contributed by atoms with van der Waals surface area (Å²) in [5.74, 6) is -0.0943. The maximum atomic E-state index is 11.0. The van der Waals surface area contributed by atoms with Gasteiger partial charge in [-0.15, -0.1) is 11.3 Å². The minimum absolute atomic E-state index is 0.0869.